The zero-order chi connectivity index (χ0) is 18.9. The number of hydrogen-bond donors (Lipinski definition) is 2. The van der Waals surface area contributed by atoms with Gasteiger partial charge >= 0.3 is 0 Å². The summed E-state index contributed by atoms with van der Waals surface area (Å²) in [5, 5.41) is 0. The van der Waals surface area contributed by atoms with Gasteiger partial charge in [-0.25, -0.2) is 0 Å². The minimum atomic E-state index is -0.300. The fraction of sp³-hybridized carbons (Fsp3) is 0.0400. The maximum atomic E-state index is 4.62. The van der Waals surface area contributed by atoms with Crippen LogP contribution in [0.25, 0.3) is 11.1 Å². The summed E-state index contributed by atoms with van der Waals surface area (Å²) in [6.07, 6.45) is 0. The quantitative estimate of drug-likeness (QED) is 0.251. The van der Waals surface area contributed by atoms with Crippen molar-refractivity contribution in [2.75, 3.05) is 0 Å². The summed E-state index contributed by atoms with van der Waals surface area (Å²) >= 11 is 11.1. The molecular formula is C25H16S3. The zero-order valence-electron chi connectivity index (χ0n) is 14.9. The van der Waals surface area contributed by atoms with Crippen LogP contribution in [-0.2, 0) is 5.41 Å². The second-order valence-corrected chi connectivity index (χ2v) is 9.42. The molecule has 0 bridgehead atoms. The molecule has 0 saturated carbocycles. The molecule has 1 aliphatic heterocycles. The largest absolute Gasteiger partial charge is 0.143 e. The van der Waals surface area contributed by atoms with Crippen molar-refractivity contribution in [3.05, 3.63) is 107 Å². The molecule has 2 aliphatic rings. The van der Waals surface area contributed by atoms with E-state index in [1.165, 1.54) is 43.2 Å². The monoisotopic (exact) mass is 412 g/mol. The Morgan fingerprint density at radius 3 is 1.50 bits per heavy atom. The Morgan fingerprint density at radius 1 is 0.536 bits per heavy atom. The minimum Gasteiger partial charge on any atom is -0.143 e. The maximum absolute atomic E-state index is 4.62. The van der Waals surface area contributed by atoms with Crippen LogP contribution in [0.5, 0.6) is 0 Å². The van der Waals surface area contributed by atoms with E-state index in [1.807, 2.05) is 11.8 Å². The van der Waals surface area contributed by atoms with E-state index in [4.69, 9.17) is 0 Å². The van der Waals surface area contributed by atoms with Crippen molar-refractivity contribution in [3.8, 4) is 11.1 Å². The van der Waals surface area contributed by atoms with Crippen molar-refractivity contribution >= 4 is 37.0 Å². The highest BCUT2D eigenvalue weighted by molar-refractivity contribution is 7.99. The molecule has 1 spiro atoms. The number of rotatable bonds is 0. The molecule has 134 valence electrons. The average molecular weight is 413 g/mol. The molecule has 0 fully saturated rings. The number of fused-ring (bicyclic) bond motifs is 9. The summed E-state index contributed by atoms with van der Waals surface area (Å²) in [4.78, 5) is 4.52. The highest BCUT2D eigenvalue weighted by Gasteiger charge is 2.49. The molecule has 1 aliphatic carbocycles. The number of thiol groups is 2. The van der Waals surface area contributed by atoms with Gasteiger partial charge in [0.15, 0.2) is 0 Å². The predicted octanol–water partition coefficient (Wildman–Crippen LogP) is 7.09. The Morgan fingerprint density at radius 2 is 1.00 bits per heavy atom. The van der Waals surface area contributed by atoms with Gasteiger partial charge in [0.2, 0.25) is 0 Å². The van der Waals surface area contributed by atoms with Gasteiger partial charge in [0.25, 0.3) is 0 Å². The highest BCUT2D eigenvalue weighted by atomic mass is 32.2. The van der Waals surface area contributed by atoms with Gasteiger partial charge in [0, 0.05) is 19.6 Å². The van der Waals surface area contributed by atoms with Gasteiger partial charge in [0.05, 0.1) is 5.41 Å². The molecule has 3 heteroatoms. The van der Waals surface area contributed by atoms with Gasteiger partial charge < -0.3 is 0 Å². The van der Waals surface area contributed by atoms with Gasteiger partial charge in [-0.15, -0.1) is 25.3 Å². The van der Waals surface area contributed by atoms with Crippen LogP contribution in [0.1, 0.15) is 22.3 Å². The van der Waals surface area contributed by atoms with Crippen molar-refractivity contribution in [2.45, 2.75) is 25.0 Å². The molecule has 0 saturated heterocycles. The van der Waals surface area contributed by atoms with Crippen molar-refractivity contribution in [1.29, 1.82) is 0 Å². The molecule has 0 aromatic heterocycles. The van der Waals surface area contributed by atoms with Crippen molar-refractivity contribution in [1.82, 2.24) is 0 Å². The highest BCUT2D eigenvalue weighted by Crippen LogP contribution is 2.62. The van der Waals surface area contributed by atoms with Gasteiger partial charge in [-0.1, -0.05) is 72.4 Å². The fourth-order valence-electron chi connectivity index (χ4n) is 4.89. The Hall–Kier alpha value is -2.07. The van der Waals surface area contributed by atoms with Crippen LogP contribution in [0, 0.1) is 0 Å². The molecule has 0 unspecified atom stereocenters. The molecule has 6 rings (SSSR count). The first-order valence-corrected chi connectivity index (χ1v) is 10.9. The third-order valence-corrected chi connectivity index (χ3v) is 7.58. The normalized spacial score (nSPS) is 14.9. The standard InChI is InChI=1S/C25H16S3/c26-15-9-11-21-23(13-15)28-24-14-16(27)10-12-22(24)25(21)19-7-3-1-5-17(19)18-6-2-4-8-20(18)25/h1-14,26-27H. The maximum Gasteiger partial charge on any atom is 0.0735 e. The van der Waals surface area contributed by atoms with Crippen molar-refractivity contribution in [3.63, 3.8) is 0 Å². The molecule has 28 heavy (non-hydrogen) atoms. The second-order valence-electron chi connectivity index (χ2n) is 7.30. The van der Waals surface area contributed by atoms with Crippen LogP contribution in [0.4, 0.5) is 0 Å². The lowest BCUT2D eigenvalue weighted by atomic mass is 9.67. The average Bonchev–Trinajstić information content (AvgIpc) is 2.99. The summed E-state index contributed by atoms with van der Waals surface area (Å²) in [6, 6.07) is 30.9. The van der Waals surface area contributed by atoms with E-state index in [9.17, 15) is 0 Å². The first-order valence-electron chi connectivity index (χ1n) is 9.24. The van der Waals surface area contributed by atoms with Gasteiger partial charge in [-0.05, 0) is 57.6 Å². The van der Waals surface area contributed by atoms with E-state index in [2.05, 4.69) is 110 Å². The Balaban J connectivity index is 1.84. The fourth-order valence-corrected chi connectivity index (χ4v) is 6.74. The summed E-state index contributed by atoms with van der Waals surface area (Å²) in [6.45, 7) is 0. The smallest absolute Gasteiger partial charge is 0.0735 e. The van der Waals surface area contributed by atoms with Crippen molar-refractivity contribution < 1.29 is 0 Å². The van der Waals surface area contributed by atoms with Crippen LogP contribution in [0.15, 0.2) is 105 Å². The van der Waals surface area contributed by atoms with Gasteiger partial charge in [0.1, 0.15) is 0 Å². The van der Waals surface area contributed by atoms with E-state index >= 15 is 0 Å². The summed E-state index contributed by atoms with van der Waals surface area (Å²) in [5.41, 5.74) is 7.75. The van der Waals surface area contributed by atoms with E-state index in [0.29, 0.717) is 0 Å². The molecule has 0 nitrogen and oxygen atoms in total. The van der Waals surface area contributed by atoms with Crippen LogP contribution in [0.3, 0.4) is 0 Å². The van der Waals surface area contributed by atoms with E-state index in [-0.39, 0.29) is 5.41 Å². The van der Waals surface area contributed by atoms with Gasteiger partial charge in [-0.3, -0.25) is 0 Å². The Kier molecular flexibility index (Phi) is 3.59. The molecule has 0 N–H and O–H groups in total. The van der Waals surface area contributed by atoms with Crippen LogP contribution in [0.2, 0.25) is 0 Å². The van der Waals surface area contributed by atoms with Crippen LogP contribution in [-0.4, -0.2) is 0 Å². The van der Waals surface area contributed by atoms with Crippen molar-refractivity contribution in [2.24, 2.45) is 0 Å². The third kappa shape index (κ3) is 2.07. The lowest BCUT2D eigenvalue weighted by Crippen LogP contribution is -2.32. The molecule has 0 amide bonds. The first-order chi connectivity index (χ1) is 13.7. The second kappa shape index (κ2) is 5.96. The predicted molar refractivity (Wildman–Crippen MR) is 122 cm³/mol. The minimum absolute atomic E-state index is 0.300. The molecular weight excluding hydrogens is 396 g/mol. The lowest BCUT2D eigenvalue weighted by molar-refractivity contribution is 0.718. The Labute approximate surface area is 179 Å². The van der Waals surface area contributed by atoms with E-state index < -0.39 is 0 Å². The van der Waals surface area contributed by atoms with Crippen LogP contribution >= 0.6 is 37.0 Å². The molecule has 1 heterocycles. The van der Waals surface area contributed by atoms with Gasteiger partial charge in [-0.2, -0.15) is 0 Å². The third-order valence-electron chi connectivity index (χ3n) is 5.91. The van der Waals surface area contributed by atoms with Crippen LogP contribution < -0.4 is 0 Å². The Bertz CT molecular complexity index is 1170. The van der Waals surface area contributed by atoms with E-state index in [1.54, 1.807) is 0 Å². The first kappa shape index (κ1) is 16.8. The lowest BCUT2D eigenvalue weighted by Gasteiger charge is -2.39. The topological polar surface area (TPSA) is 0 Å². The molecule has 0 atom stereocenters. The SMILES string of the molecule is Sc1ccc2c(c1)Sc1cc(S)ccc1C21c2ccccc2-c2ccccc21. The van der Waals surface area contributed by atoms with E-state index in [0.717, 1.165) is 9.79 Å². The molecule has 4 aromatic carbocycles. The zero-order valence-corrected chi connectivity index (χ0v) is 17.5. The summed E-state index contributed by atoms with van der Waals surface area (Å²) in [7, 11) is 0. The molecule has 0 radical (unpaired) electrons. The summed E-state index contributed by atoms with van der Waals surface area (Å²) < 4.78 is 0. The molecule has 4 aromatic rings. The number of benzene rings is 4. The summed E-state index contributed by atoms with van der Waals surface area (Å²) in [5.74, 6) is 0. The number of hydrogen-bond acceptors (Lipinski definition) is 3.